The molecule has 0 atom stereocenters. The summed E-state index contributed by atoms with van der Waals surface area (Å²) in [6.07, 6.45) is 3.42. The van der Waals surface area contributed by atoms with Gasteiger partial charge in [-0.15, -0.1) is 0 Å². The van der Waals surface area contributed by atoms with Crippen LogP contribution in [-0.2, 0) is 0 Å². The molecule has 0 aliphatic heterocycles. The summed E-state index contributed by atoms with van der Waals surface area (Å²) in [6, 6.07) is 6.75. The quantitative estimate of drug-likeness (QED) is 0.720. The van der Waals surface area contributed by atoms with Gasteiger partial charge in [-0.1, -0.05) is 0 Å². The molecule has 1 aliphatic carbocycles. The average molecular weight is 253 g/mol. The van der Waals surface area contributed by atoms with Crippen molar-refractivity contribution in [3.05, 3.63) is 30.1 Å². The van der Waals surface area contributed by atoms with Crippen LogP contribution in [0.5, 0.6) is 5.75 Å². The van der Waals surface area contributed by atoms with Crippen LogP contribution in [0.1, 0.15) is 19.3 Å². The summed E-state index contributed by atoms with van der Waals surface area (Å²) >= 11 is 0. The van der Waals surface area contributed by atoms with E-state index in [1.54, 1.807) is 12.1 Å². The molecule has 1 aromatic carbocycles. The zero-order chi connectivity index (χ0) is 12.8. The molecule has 0 amide bonds. The fraction of sp³-hybridized carbons (Fsp3) is 0.571. The van der Waals surface area contributed by atoms with Crippen molar-refractivity contribution in [2.45, 2.75) is 25.3 Å². The lowest BCUT2D eigenvalue weighted by molar-refractivity contribution is 0.177. The summed E-state index contributed by atoms with van der Waals surface area (Å²) in [5.74, 6) is 0.460. The lowest BCUT2D eigenvalue weighted by Gasteiger charge is -2.20. The van der Waals surface area contributed by atoms with Crippen LogP contribution in [-0.4, -0.2) is 42.4 Å². The van der Waals surface area contributed by atoms with E-state index < -0.39 is 0 Å². The van der Waals surface area contributed by atoms with Gasteiger partial charge in [0.2, 0.25) is 0 Å². The minimum atomic E-state index is -0.245. The van der Waals surface area contributed by atoms with E-state index in [4.69, 9.17) is 9.84 Å². The second-order valence-electron chi connectivity index (χ2n) is 4.65. The van der Waals surface area contributed by atoms with Gasteiger partial charge in [0.25, 0.3) is 0 Å². The highest BCUT2D eigenvalue weighted by molar-refractivity contribution is 5.21. The number of hydrogen-bond acceptors (Lipinski definition) is 3. The molecule has 0 radical (unpaired) electrons. The highest BCUT2D eigenvalue weighted by atomic mass is 19.1. The Bertz CT molecular complexity index is 351. The average Bonchev–Trinajstić information content (AvgIpc) is 3.19. The Morgan fingerprint density at radius 1 is 1.22 bits per heavy atom. The fourth-order valence-corrected chi connectivity index (χ4v) is 2.03. The number of aliphatic hydroxyl groups is 1. The van der Waals surface area contributed by atoms with Gasteiger partial charge in [-0.25, -0.2) is 4.39 Å². The van der Waals surface area contributed by atoms with Crippen molar-refractivity contribution < 1.29 is 14.2 Å². The molecule has 4 heteroatoms. The fourth-order valence-electron chi connectivity index (χ4n) is 2.03. The highest BCUT2D eigenvalue weighted by Gasteiger charge is 2.27. The molecule has 0 heterocycles. The molecule has 1 N–H and O–H groups in total. The summed E-state index contributed by atoms with van der Waals surface area (Å²) in [4.78, 5) is 2.31. The Morgan fingerprint density at radius 2 is 1.94 bits per heavy atom. The first-order valence-corrected chi connectivity index (χ1v) is 6.53. The van der Waals surface area contributed by atoms with Gasteiger partial charge >= 0.3 is 0 Å². The molecule has 0 bridgehead atoms. The maximum absolute atomic E-state index is 12.7. The minimum Gasteiger partial charge on any atom is -0.494 e. The van der Waals surface area contributed by atoms with Crippen molar-refractivity contribution in [2.75, 3.05) is 26.3 Å². The zero-order valence-corrected chi connectivity index (χ0v) is 10.5. The van der Waals surface area contributed by atoms with Gasteiger partial charge in [-0.05, 0) is 43.5 Å². The van der Waals surface area contributed by atoms with E-state index >= 15 is 0 Å². The first kappa shape index (κ1) is 13.3. The third kappa shape index (κ3) is 4.27. The maximum Gasteiger partial charge on any atom is 0.123 e. The first-order valence-electron chi connectivity index (χ1n) is 6.53. The first-order chi connectivity index (χ1) is 8.79. The number of ether oxygens (including phenoxy) is 1. The predicted octanol–water partition coefficient (Wildman–Crippen LogP) is 2.05. The van der Waals surface area contributed by atoms with Crippen molar-refractivity contribution in [3.8, 4) is 5.75 Å². The Balaban J connectivity index is 1.64. The molecule has 0 spiro atoms. The van der Waals surface area contributed by atoms with Crippen LogP contribution < -0.4 is 4.74 Å². The van der Waals surface area contributed by atoms with Crippen LogP contribution in [0.4, 0.5) is 4.39 Å². The molecular weight excluding hydrogens is 233 g/mol. The van der Waals surface area contributed by atoms with E-state index in [0.29, 0.717) is 18.4 Å². The second-order valence-corrected chi connectivity index (χ2v) is 4.65. The van der Waals surface area contributed by atoms with Gasteiger partial charge in [0.1, 0.15) is 11.6 Å². The molecule has 18 heavy (non-hydrogen) atoms. The van der Waals surface area contributed by atoms with E-state index in [0.717, 1.165) is 19.5 Å². The molecular formula is C14H20FNO2. The molecule has 0 unspecified atom stereocenters. The maximum atomic E-state index is 12.7. The molecule has 1 saturated carbocycles. The lowest BCUT2D eigenvalue weighted by Crippen LogP contribution is -2.31. The smallest absolute Gasteiger partial charge is 0.123 e. The molecule has 100 valence electrons. The Hall–Kier alpha value is -1.13. The topological polar surface area (TPSA) is 32.7 Å². The number of hydrogen-bond donors (Lipinski definition) is 1. The standard InChI is InChI=1S/C14H20FNO2/c15-12-2-6-14(7-3-12)18-11-1-8-16(9-10-17)13-4-5-13/h2-3,6-7,13,17H,1,4-5,8-11H2. The van der Waals surface area contributed by atoms with E-state index in [9.17, 15) is 4.39 Å². The minimum absolute atomic E-state index is 0.218. The van der Waals surface area contributed by atoms with Crippen LogP contribution >= 0.6 is 0 Å². The van der Waals surface area contributed by atoms with Gasteiger partial charge < -0.3 is 9.84 Å². The normalized spacial score (nSPS) is 15.1. The zero-order valence-electron chi connectivity index (χ0n) is 10.5. The van der Waals surface area contributed by atoms with Crippen LogP contribution in [0.25, 0.3) is 0 Å². The molecule has 1 aliphatic rings. The molecule has 0 saturated heterocycles. The van der Waals surface area contributed by atoms with Crippen LogP contribution in [0.2, 0.25) is 0 Å². The summed E-state index contributed by atoms with van der Waals surface area (Å²) in [6.45, 7) is 2.54. The Labute approximate surface area is 107 Å². The number of aliphatic hydroxyl groups excluding tert-OH is 1. The van der Waals surface area contributed by atoms with Crippen molar-refractivity contribution in [1.82, 2.24) is 4.90 Å². The molecule has 0 aromatic heterocycles. The number of rotatable bonds is 8. The van der Waals surface area contributed by atoms with Crippen molar-refractivity contribution in [3.63, 3.8) is 0 Å². The second kappa shape index (κ2) is 6.71. The van der Waals surface area contributed by atoms with Gasteiger partial charge in [0.15, 0.2) is 0 Å². The van der Waals surface area contributed by atoms with Gasteiger partial charge in [0, 0.05) is 19.1 Å². The van der Waals surface area contributed by atoms with Crippen molar-refractivity contribution in [2.24, 2.45) is 0 Å². The summed E-state index contributed by atoms with van der Waals surface area (Å²) < 4.78 is 18.2. The largest absolute Gasteiger partial charge is 0.494 e. The van der Waals surface area contributed by atoms with Crippen LogP contribution in [0.3, 0.4) is 0 Å². The van der Waals surface area contributed by atoms with Gasteiger partial charge in [-0.2, -0.15) is 0 Å². The monoisotopic (exact) mass is 253 g/mol. The van der Waals surface area contributed by atoms with Crippen LogP contribution in [0, 0.1) is 5.82 Å². The highest BCUT2D eigenvalue weighted by Crippen LogP contribution is 2.26. The Morgan fingerprint density at radius 3 is 2.56 bits per heavy atom. The Kier molecular flexibility index (Phi) is 4.96. The van der Waals surface area contributed by atoms with E-state index in [2.05, 4.69) is 4.90 Å². The van der Waals surface area contributed by atoms with Gasteiger partial charge in [-0.3, -0.25) is 4.90 Å². The summed E-state index contributed by atoms with van der Waals surface area (Å²) in [7, 11) is 0. The number of halogens is 1. The number of benzene rings is 1. The third-order valence-corrected chi connectivity index (χ3v) is 3.12. The number of nitrogens with zero attached hydrogens (tertiary/aromatic N) is 1. The van der Waals surface area contributed by atoms with Gasteiger partial charge in [0.05, 0.1) is 13.2 Å². The van der Waals surface area contributed by atoms with E-state index in [1.807, 2.05) is 0 Å². The van der Waals surface area contributed by atoms with E-state index in [1.165, 1.54) is 25.0 Å². The SMILES string of the molecule is OCCN(CCCOc1ccc(F)cc1)C1CC1. The predicted molar refractivity (Wildman–Crippen MR) is 68.2 cm³/mol. The van der Waals surface area contributed by atoms with Crippen molar-refractivity contribution in [1.29, 1.82) is 0 Å². The summed E-state index contributed by atoms with van der Waals surface area (Å²) in [5.41, 5.74) is 0. The molecule has 2 rings (SSSR count). The van der Waals surface area contributed by atoms with E-state index in [-0.39, 0.29) is 12.4 Å². The van der Waals surface area contributed by atoms with Crippen molar-refractivity contribution >= 4 is 0 Å². The summed E-state index contributed by atoms with van der Waals surface area (Å²) in [5, 5.41) is 8.97. The molecule has 1 fully saturated rings. The molecule has 3 nitrogen and oxygen atoms in total. The third-order valence-electron chi connectivity index (χ3n) is 3.12. The molecule has 1 aromatic rings. The lowest BCUT2D eigenvalue weighted by atomic mass is 10.3. The van der Waals surface area contributed by atoms with Crippen LogP contribution in [0.15, 0.2) is 24.3 Å².